The highest BCUT2D eigenvalue weighted by Gasteiger charge is 2.04. The largest absolute Gasteiger partial charge is 0.497 e. The Hall–Kier alpha value is -2.01. The Morgan fingerprint density at radius 2 is 1.90 bits per heavy atom. The van der Waals surface area contributed by atoms with Gasteiger partial charge in [-0.3, -0.25) is 4.90 Å². The SMILES string of the molecule is COc1ccc(OCCN(C)Cc2nccn2C)cc1. The molecule has 0 aliphatic rings. The van der Waals surface area contributed by atoms with E-state index in [1.165, 1.54) is 0 Å². The lowest BCUT2D eigenvalue weighted by Gasteiger charge is -2.16. The molecule has 0 atom stereocenters. The fourth-order valence-electron chi connectivity index (χ4n) is 1.86. The van der Waals surface area contributed by atoms with Gasteiger partial charge in [0.2, 0.25) is 0 Å². The Bertz CT molecular complexity index is 522. The van der Waals surface area contributed by atoms with E-state index in [0.717, 1.165) is 30.4 Å². The fraction of sp³-hybridized carbons (Fsp3) is 0.400. The van der Waals surface area contributed by atoms with Crippen LogP contribution in [0.4, 0.5) is 0 Å². The highest BCUT2D eigenvalue weighted by molar-refractivity contribution is 5.31. The van der Waals surface area contributed by atoms with Crippen molar-refractivity contribution in [2.75, 3.05) is 27.3 Å². The number of likely N-dealkylation sites (N-methyl/N-ethyl adjacent to an activating group) is 1. The molecule has 0 radical (unpaired) electrons. The van der Waals surface area contributed by atoms with E-state index < -0.39 is 0 Å². The molecule has 5 nitrogen and oxygen atoms in total. The lowest BCUT2D eigenvalue weighted by molar-refractivity contribution is 0.228. The zero-order valence-electron chi connectivity index (χ0n) is 12.2. The Balaban J connectivity index is 1.73. The molecule has 0 fully saturated rings. The smallest absolute Gasteiger partial charge is 0.122 e. The van der Waals surface area contributed by atoms with Crippen molar-refractivity contribution in [3.8, 4) is 11.5 Å². The van der Waals surface area contributed by atoms with Gasteiger partial charge in [-0.2, -0.15) is 0 Å². The number of hydrogen-bond donors (Lipinski definition) is 0. The first-order chi connectivity index (χ1) is 9.69. The van der Waals surface area contributed by atoms with Crippen molar-refractivity contribution < 1.29 is 9.47 Å². The molecule has 0 N–H and O–H groups in total. The normalized spacial score (nSPS) is 10.8. The van der Waals surface area contributed by atoms with Crippen molar-refractivity contribution in [1.82, 2.24) is 14.5 Å². The summed E-state index contributed by atoms with van der Waals surface area (Å²) in [5, 5.41) is 0. The molecular weight excluding hydrogens is 254 g/mol. The minimum Gasteiger partial charge on any atom is -0.497 e. The number of rotatable bonds is 7. The van der Waals surface area contributed by atoms with E-state index in [1.54, 1.807) is 7.11 Å². The molecule has 0 unspecified atom stereocenters. The second-order valence-electron chi connectivity index (χ2n) is 4.72. The van der Waals surface area contributed by atoms with Crippen molar-refractivity contribution in [3.63, 3.8) is 0 Å². The topological polar surface area (TPSA) is 39.5 Å². The van der Waals surface area contributed by atoms with Crippen LogP contribution in [0.15, 0.2) is 36.7 Å². The molecule has 0 aliphatic heterocycles. The second kappa shape index (κ2) is 6.96. The van der Waals surface area contributed by atoms with Crippen LogP contribution in [0.5, 0.6) is 11.5 Å². The van der Waals surface area contributed by atoms with Gasteiger partial charge >= 0.3 is 0 Å². The first kappa shape index (κ1) is 14.4. The minimum atomic E-state index is 0.646. The third kappa shape index (κ3) is 3.99. The number of aryl methyl sites for hydroxylation is 1. The Labute approximate surface area is 119 Å². The van der Waals surface area contributed by atoms with E-state index in [0.29, 0.717) is 6.61 Å². The molecule has 1 aromatic heterocycles. The van der Waals surface area contributed by atoms with Crippen LogP contribution in [-0.4, -0.2) is 41.8 Å². The molecule has 5 heteroatoms. The molecule has 1 aromatic carbocycles. The average molecular weight is 275 g/mol. The van der Waals surface area contributed by atoms with Crippen LogP contribution in [0, 0.1) is 0 Å². The maximum Gasteiger partial charge on any atom is 0.122 e. The summed E-state index contributed by atoms with van der Waals surface area (Å²) in [4.78, 5) is 6.49. The van der Waals surface area contributed by atoms with Gasteiger partial charge in [-0.05, 0) is 31.3 Å². The molecule has 0 bridgehead atoms. The first-order valence-electron chi connectivity index (χ1n) is 6.60. The Morgan fingerprint density at radius 1 is 1.20 bits per heavy atom. The lowest BCUT2D eigenvalue weighted by Crippen LogP contribution is -2.25. The van der Waals surface area contributed by atoms with E-state index in [2.05, 4.69) is 16.9 Å². The molecule has 0 amide bonds. The zero-order chi connectivity index (χ0) is 14.4. The van der Waals surface area contributed by atoms with Gasteiger partial charge in [-0.1, -0.05) is 0 Å². The van der Waals surface area contributed by atoms with Gasteiger partial charge in [0.25, 0.3) is 0 Å². The van der Waals surface area contributed by atoms with Gasteiger partial charge in [-0.15, -0.1) is 0 Å². The van der Waals surface area contributed by atoms with Crippen LogP contribution >= 0.6 is 0 Å². The van der Waals surface area contributed by atoms with Gasteiger partial charge in [0, 0.05) is 26.0 Å². The number of aromatic nitrogens is 2. The third-order valence-corrected chi connectivity index (χ3v) is 3.13. The molecule has 0 aliphatic carbocycles. The predicted octanol–water partition coefficient (Wildman–Crippen LogP) is 1.94. The summed E-state index contributed by atoms with van der Waals surface area (Å²) < 4.78 is 12.8. The summed E-state index contributed by atoms with van der Waals surface area (Å²) in [6.07, 6.45) is 3.77. The first-order valence-corrected chi connectivity index (χ1v) is 6.60. The Kier molecular flexibility index (Phi) is 5.01. The molecular formula is C15H21N3O2. The van der Waals surface area contributed by atoms with Crippen molar-refractivity contribution in [2.24, 2.45) is 7.05 Å². The van der Waals surface area contributed by atoms with Crippen LogP contribution < -0.4 is 9.47 Å². The van der Waals surface area contributed by atoms with Gasteiger partial charge < -0.3 is 14.0 Å². The van der Waals surface area contributed by atoms with E-state index in [4.69, 9.17) is 9.47 Å². The molecule has 108 valence electrons. The average Bonchev–Trinajstić information content (AvgIpc) is 2.85. The number of hydrogen-bond acceptors (Lipinski definition) is 4. The molecule has 1 heterocycles. The molecule has 20 heavy (non-hydrogen) atoms. The zero-order valence-corrected chi connectivity index (χ0v) is 12.2. The molecule has 0 saturated carbocycles. The van der Waals surface area contributed by atoms with Crippen LogP contribution in [0.25, 0.3) is 0 Å². The molecule has 0 saturated heterocycles. The number of imidazole rings is 1. The van der Waals surface area contributed by atoms with E-state index in [1.807, 2.05) is 48.3 Å². The van der Waals surface area contributed by atoms with Gasteiger partial charge in [-0.25, -0.2) is 4.98 Å². The fourth-order valence-corrected chi connectivity index (χ4v) is 1.86. The summed E-state index contributed by atoms with van der Waals surface area (Å²) >= 11 is 0. The van der Waals surface area contributed by atoms with Gasteiger partial charge in [0.1, 0.15) is 23.9 Å². The highest BCUT2D eigenvalue weighted by atomic mass is 16.5. The van der Waals surface area contributed by atoms with Crippen molar-refractivity contribution in [2.45, 2.75) is 6.54 Å². The van der Waals surface area contributed by atoms with Crippen molar-refractivity contribution in [1.29, 1.82) is 0 Å². The minimum absolute atomic E-state index is 0.646. The number of methoxy groups -OCH3 is 1. The number of ether oxygens (including phenoxy) is 2. The van der Waals surface area contributed by atoms with E-state index in [-0.39, 0.29) is 0 Å². The maximum absolute atomic E-state index is 5.70. The summed E-state index contributed by atoms with van der Waals surface area (Å²) in [7, 11) is 5.72. The van der Waals surface area contributed by atoms with Gasteiger partial charge in [0.05, 0.1) is 13.7 Å². The second-order valence-corrected chi connectivity index (χ2v) is 4.72. The number of benzene rings is 1. The van der Waals surface area contributed by atoms with Crippen molar-refractivity contribution >= 4 is 0 Å². The molecule has 2 rings (SSSR count). The summed E-state index contributed by atoms with van der Waals surface area (Å²) in [6.45, 7) is 2.31. The standard InChI is InChI=1S/C15H21N3O2/c1-17(12-15-16-8-9-18(15)2)10-11-20-14-6-4-13(19-3)5-7-14/h4-9H,10-12H2,1-3H3. The van der Waals surface area contributed by atoms with Crippen LogP contribution in [0.3, 0.4) is 0 Å². The van der Waals surface area contributed by atoms with Crippen LogP contribution in [0.1, 0.15) is 5.82 Å². The summed E-state index contributed by atoms with van der Waals surface area (Å²) in [6, 6.07) is 7.62. The van der Waals surface area contributed by atoms with Crippen molar-refractivity contribution in [3.05, 3.63) is 42.5 Å². The predicted molar refractivity (Wildman–Crippen MR) is 78.0 cm³/mol. The number of nitrogens with zero attached hydrogens (tertiary/aromatic N) is 3. The lowest BCUT2D eigenvalue weighted by atomic mass is 10.3. The molecule has 2 aromatic rings. The van der Waals surface area contributed by atoms with E-state index >= 15 is 0 Å². The Morgan fingerprint density at radius 3 is 2.50 bits per heavy atom. The van der Waals surface area contributed by atoms with Crippen LogP contribution in [0.2, 0.25) is 0 Å². The van der Waals surface area contributed by atoms with E-state index in [9.17, 15) is 0 Å². The highest BCUT2D eigenvalue weighted by Crippen LogP contribution is 2.16. The monoisotopic (exact) mass is 275 g/mol. The maximum atomic E-state index is 5.70. The third-order valence-electron chi connectivity index (χ3n) is 3.13. The quantitative estimate of drug-likeness (QED) is 0.774. The van der Waals surface area contributed by atoms with Gasteiger partial charge in [0.15, 0.2) is 0 Å². The molecule has 0 spiro atoms. The van der Waals surface area contributed by atoms with Crippen LogP contribution in [-0.2, 0) is 13.6 Å². The summed E-state index contributed by atoms with van der Waals surface area (Å²) in [5.74, 6) is 2.75. The summed E-state index contributed by atoms with van der Waals surface area (Å²) in [5.41, 5.74) is 0.